The molecule has 1 aliphatic carbocycles. The van der Waals surface area contributed by atoms with Crippen molar-refractivity contribution in [2.24, 2.45) is 0 Å². The van der Waals surface area contributed by atoms with Gasteiger partial charge in [0.2, 0.25) is 5.91 Å². The second-order valence-electron chi connectivity index (χ2n) is 2.90. The molecule has 0 saturated heterocycles. The SMILES string of the molecule is CCNC(=O)/C=C/C1=CCCC1. The fourth-order valence-electron chi connectivity index (χ4n) is 1.26. The van der Waals surface area contributed by atoms with Crippen LogP contribution in [0.3, 0.4) is 0 Å². The second kappa shape index (κ2) is 4.75. The Morgan fingerprint density at radius 2 is 2.58 bits per heavy atom. The standard InChI is InChI=1S/C10H15NO/c1-2-11-10(12)8-7-9-5-3-4-6-9/h5,7-8H,2-4,6H2,1H3,(H,11,12)/b8-7+. The van der Waals surface area contributed by atoms with E-state index in [1.54, 1.807) is 6.08 Å². The van der Waals surface area contributed by atoms with Crippen molar-refractivity contribution in [3.05, 3.63) is 23.8 Å². The van der Waals surface area contributed by atoms with Gasteiger partial charge in [-0.25, -0.2) is 0 Å². The number of carbonyl (C=O) groups is 1. The maximum absolute atomic E-state index is 11.0. The quantitative estimate of drug-likeness (QED) is 0.635. The summed E-state index contributed by atoms with van der Waals surface area (Å²) in [5, 5.41) is 2.72. The van der Waals surface area contributed by atoms with Gasteiger partial charge in [0.05, 0.1) is 0 Å². The summed E-state index contributed by atoms with van der Waals surface area (Å²) < 4.78 is 0. The molecule has 1 N–H and O–H groups in total. The highest BCUT2D eigenvalue weighted by atomic mass is 16.1. The van der Waals surface area contributed by atoms with Crippen molar-refractivity contribution in [3.8, 4) is 0 Å². The van der Waals surface area contributed by atoms with Crippen LogP contribution in [0.1, 0.15) is 26.2 Å². The van der Waals surface area contributed by atoms with Gasteiger partial charge in [-0.15, -0.1) is 0 Å². The minimum atomic E-state index is 0.00491. The number of allylic oxidation sites excluding steroid dienone is 3. The first-order chi connectivity index (χ1) is 5.83. The molecule has 0 aliphatic heterocycles. The molecule has 2 nitrogen and oxygen atoms in total. The van der Waals surface area contributed by atoms with Crippen LogP contribution in [0.4, 0.5) is 0 Å². The summed E-state index contributed by atoms with van der Waals surface area (Å²) in [5.74, 6) is 0.00491. The summed E-state index contributed by atoms with van der Waals surface area (Å²) >= 11 is 0. The van der Waals surface area contributed by atoms with E-state index in [9.17, 15) is 4.79 Å². The van der Waals surface area contributed by atoms with Gasteiger partial charge in [-0.3, -0.25) is 4.79 Å². The monoisotopic (exact) mass is 165 g/mol. The van der Waals surface area contributed by atoms with Gasteiger partial charge in [0.1, 0.15) is 0 Å². The molecule has 66 valence electrons. The molecule has 0 heterocycles. The minimum absolute atomic E-state index is 0.00491. The first-order valence-electron chi connectivity index (χ1n) is 4.48. The van der Waals surface area contributed by atoms with Crippen LogP contribution < -0.4 is 5.32 Å². The molecule has 0 saturated carbocycles. The third kappa shape index (κ3) is 2.91. The maximum Gasteiger partial charge on any atom is 0.243 e. The smallest absolute Gasteiger partial charge is 0.243 e. The Labute approximate surface area is 73.4 Å². The molecule has 0 aromatic carbocycles. The summed E-state index contributed by atoms with van der Waals surface area (Å²) in [6.07, 6.45) is 9.23. The van der Waals surface area contributed by atoms with Crippen molar-refractivity contribution >= 4 is 5.91 Å². The second-order valence-corrected chi connectivity index (χ2v) is 2.90. The molecule has 1 amide bonds. The lowest BCUT2D eigenvalue weighted by Crippen LogP contribution is -2.19. The van der Waals surface area contributed by atoms with E-state index < -0.39 is 0 Å². The van der Waals surface area contributed by atoms with E-state index in [2.05, 4.69) is 11.4 Å². The summed E-state index contributed by atoms with van der Waals surface area (Å²) in [6, 6.07) is 0. The lowest BCUT2D eigenvalue weighted by molar-refractivity contribution is -0.116. The number of hydrogen-bond donors (Lipinski definition) is 1. The van der Waals surface area contributed by atoms with Crippen LogP contribution in [-0.2, 0) is 4.79 Å². The number of likely N-dealkylation sites (N-methyl/N-ethyl adjacent to an activating group) is 1. The van der Waals surface area contributed by atoms with Gasteiger partial charge in [-0.2, -0.15) is 0 Å². The number of amides is 1. The van der Waals surface area contributed by atoms with Crippen molar-refractivity contribution < 1.29 is 4.79 Å². The molecule has 0 aromatic heterocycles. The van der Waals surface area contributed by atoms with Crippen molar-refractivity contribution in [2.45, 2.75) is 26.2 Å². The average molecular weight is 165 g/mol. The molecule has 0 spiro atoms. The molecule has 1 aliphatic rings. The number of carbonyl (C=O) groups excluding carboxylic acids is 1. The number of nitrogens with one attached hydrogen (secondary N) is 1. The number of rotatable bonds is 3. The summed E-state index contributed by atoms with van der Waals surface area (Å²) in [4.78, 5) is 11.0. The van der Waals surface area contributed by atoms with Gasteiger partial charge in [0.15, 0.2) is 0 Å². The summed E-state index contributed by atoms with van der Waals surface area (Å²) in [7, 11) is 0. The predicted molar refractivity (Wildman–Crippen MR) is 49.8 cm³/mol. The molecule has 1 rings (SSSR count). The third-order valence-electron chi connectivity index (χ3n) is 1.88. The van der Waals surface area contributed by atoms with E-state index in [4.69, 9.17) is 0 Å². The molecular formula is C10H15NO. The summed E-state index contributed by atoms with van der Waals surface area (Å²) in [5.41, 5.74) is 1.29. The molecule has 0 bridgehead atoms. The third-order valence-corrected chi connectivity index (χ3v) is 1.88. The van der Waals surface area contributed by atoms with Crippen LogP contribution in [0, 0.1) is 0 Å². The molecule has 0 unspecified atom stereocenters. The zero-order chi connectivity index (χ0) is 8.81. The van der Waals surface area contributed by atoms with Gasteiger partial charge in [-0.05, 0) is 26.2 Å². The highest BCUT2D eigenvalue weighted by Gasteiger charge is 2.00. The molecule has 0 fully saturated rings. The molecule has 2 heteroatoms. The van der Waals surface area contributed by atoms with Gasteiger partial charge in [-0.1, -0.05) is 17.7 Å². The van der Waals surface area contributed by atoms with Crippen LogP contribution in [0.15, 0.2) is 23.8 Å². The van der Waals surface area contributed by atoms with E-state index in [1.165, 1.54) is 12.0 Å². The highest BCUT2D eigenvalue weighted by molar-refractivity contribution is 5.87. The largest absolute Gasteiger partial charge is 0.353 e. The molecule has 0 atom stereocenters. The summed E-state index contributed by atoms with van der Waals surface area (Å²) in [6.45, 7) is 2.61. The van der Waals surface area contributed by atoms with E-state index in [1.807, 2.05) is 13.0 Å². The lowest BCUT2D eigenvalue weighted by Gasteiger charge is -1.94. The van der Waals surface area contributed by atoms with Crippen molar-refractivity contribution in [2.75, 3.05) is 6.54 Å². The lowest BCUT2D eigenvalue weighted by atomic mass is 10.2. The van der Waals surface area contributed by atoms with Crippen LogP contribution >= 0.6 is 0 Å². The molecule has 0 aromatic rings. The topological polar surface area (TPSA) is 29.1 Å². The van der Waals surface area contributed by atoms with Crippen LogP contribution in [0.2, 0.25) is 0 Å². The average Bonchev–Trinajstić information content (AvgIpc) is 2.53. The Bertz CT molecular complexity index is 216. The van der Waals surface area contributed by atoms with Gasteiger partial charge < -0.3 is 5.32 Å². The Balaban J connectivity index is 2.33. The zero-order valence-corrected chi connectivity index (χ0v) is 7.47. The van der Waals surface area contributed by atoms with Crippen LogP contribution in [0.25, 0.3) is 0 Å². The van der Waals surface area contributed by atoms with Crippen LogP contribution in [-0.4, -0.2) is 12.5 Å². The molecular weight excluding hydrogens is 150 g/mol. The van der Waals surface area contributed by atoms with Gasteiger partial charge in [0.25, 0.3) is 0 Å². The minimum Gasteiger partial charge on any atom is -0.353 e. The Kier molecular flexibility index (Phi) is 3.58. The zero-order valence-electron chi connectivity index (χ0n) is 7.47. The van der Waals surface area contributed by atoms with Crippen molar-refractivity contribution in [3.63, 3.8) is 0 Å². The van der Waals surface area contributed by atoms with Gasteiger partial charge in [0, 0.05) is 12.6 Å². The van der Waals surface area contributed by atoms with Crippen LogP contribution in [0.5, 0.6) is 0 Å². The Hall–Kier alpha value is -1.05. The Morgan fingerprint density at radius 3 is 3.17 bits per heavy atom. The highest BCUT2D eigenvalue weighted by Crippen LogP contribution is 2.17. The van der Waals surface area contributed by atoms with Crippen molar-refractivity contribution in [1.82, 2.24) is 5.32 Å². The van der Waals surface area contributed by atoms with E-state index in [0.29, 0.717) is 6.54 Å². The molecule has 0 radical (unpaired) electrons. The van der Waals surface area contributed by atoms with E-state index in [-0.39, 0.29) is 5.91 Å². The first-order valence-corrected chi connectivity index (χ1v) is 4.48. The van der Waals surface area contributed by atoms with E-state index in [0.717, 1.165) is 12.8 Å². The number of hydrogen-bond acceptors (Lipinski definition) is 1. The fraction of sp³-hybridized carbons (Fsp3) is 0.500. The van der Waals surface area contributed by atoms with Gasteiger partial charge >= 0.3 is 0 Å². The first kappa shape index (κ1) is 9.04. The normalized spacial score (nSPS) is 16.6. The predicted octanol–water partition coefficient (Wildman–Crippen LogP) is 1.79. The maximum atomic E-state index is 11.0. The van der Waals surface area contributed by atoms with E-state index >= 15 is 0 Å². The fourth-order valence-corrected chi connectivity index (χ4v) is 1.26. The molecule has 12 heavy (non-hydrogen) atoms. The van der Waals surface area contributed by atoms with Crippen molar-refractivity contribution in [1.29, 1.82) is 0 Å². The Morgan fingerprint density at radius 1 is 1.75 bits per heavy atom.